The van der Waals surface area contributed by atoms with E-state index in [0.717, 1.165) is 26.1 Å². The van der Waals surface area contributed by atoms with Crippen LogP contribution in [0.25, 0.3) is 10.9 Å². The van der Waals surface area contributed by atoms with Gasteiger partial charge in [0.05, 0.1) is 6.20 Å². The number of piperidine rings is 1. The number of aromatic nitrogens is 3. The second-order valence-electron chi connectivity index (χ2n) is 8.54. The highest BCUT2D eigenvalue weighted by atomic mass is 32.1. The molecule has 1 saturated heterocycles. The number of hydrogen-bond donors (Lipinski definition) is 2. The summed E-state index contributed by atoms with van der Waals surface area (Å²) < 4.78 is 4.42. The lowest BCUT2D eigenvalue weighted by atomic mass is 9.72. The number of aromatic hydroxyl groups is 1. The van der Waals surface area contributed by atoms with Crippen molar-refractivity contribution in [3.8, 4) is 5.88 Å². The van der Waals surface area contributed by atoms with Crippen LogP contribution in [-0.4, -0.2) is 43.3 Å². The van der Waals surface area contributed by atoms with Gasteiger partial charge >= 0.3 is 0 Å². The first-order chi connectivity index (χ1) is 13.6. The maximum atomic E-state index is 10.0. The third-order valence-electron chi connectivity index (χ3n) is 6.77. The maximum Gasteiger partial charge on any atom is 0.209 e. The van der Waals surface area contributed by atoms with Crippen molar-refractivity contribution in [1.29, 1.82) is 0 Å². The smallest absolute Gasteiger partial charge is 0.209 e. The van der Waals surface area contributed by atoms with Gasteiger partial charge < -0.3 is 14.7 Å². The summed E-state index contributed by atoms with van der Waals surface area (Å²) in [6, 6.07) is 7.31. The summed E-state index contributed by atoms with van der Waals surface area (Å²) in [5.41, 5.74) is 4.25. The third-order valence-corrected chi connectivity index (χ3v) is 7.28. The molecule has 1 aliphatic carbocycles. The number of hydrogen-bond acceptors (Lipinski definition) is 3. The fourth-order valence-corrected chi connectivity index (χ4v) is 5.78. The van der Waals surface area contributed by atoms with E-state index in [-0.39, 0.29) is 5.88 Å². The molecule has 1 unspecified atom stereocenters. The molecule has 0 spiro atoms. The fraction of sp³-hybridized carbons (Fsp3) is 0.500. The van der Waals surface area contributed by atoms with Crippen molar-refractivity contribution in [1.82, 2.24) is 19.0 Å². The summed E-state index contributed by atoms with van der Waals surface area (Å²) in [5, 5.41) is 11.5. The van der Waals surface area contributed by atoms with Crippen molar-refractivity contribution in [2.75, 3.05) is 13.1 Å². The van der Waals surface area contributed by atoms with E-state index in [1.54, 1.807) is 10.8 Å². The first-order valence-electron chi connectivity index (χ1n) is 10.3. The molecule has 148 valence electrons. The average molecular weight is 397 g/mol. The van der Waals surface area contributed by atoms with Crippen molar-refractivity contribution in [3.05, 3.63) is 46.5 Å². The molecule has 5 nitrogen and oxygen atoms in total. The Bertz CT molecular complexity index is 1080. The summed E-state index contributed by atoms with van der Waals surface area (Å²) in [5.74, 6) is 1.32. The van der Waals surface area contributed by atoms with Crippen LogP contribution in [0, 0.1) is 10.7 Å². The van der Waals surface area contributed by atoms with Crippen LogP contribution in [0.2, 0.25) is 0 Å². The maximum absolute atomic E-state index is 10.0. The number of rotatable bonds is 4. The van der Waals surface area contributed by atoms with E-state index in [2.05, 4.69) is 41.2 Å². The van der Waals surface area contributed by atoms with Crippen LogP contribution in [0.5, 0.6) is 5.88 Å². The Morgan fingerprint density at radius 3 is 2.93 bits per heavy atom. The second kappa shape index (κ2) is 6.78. The molecule has 6 heteroatoms. The molecule has 5 rings (SSSR count). The first-order valence-corrected chi connectivity index (χ1v) is 10.8. The van der Waals surface area contributed by atoms with Gasteiger partial charge in [0.2, 0.25) is 5.88 Å². The summed E-state index contributed by atoms with van der Waals surface area (Å²) in [7, 11) is 1.82. The second-order valence-corrected chi connectivity index (χ2v) is 8.90. The zero-order valence-electron chi connectivity index (χ0n) is 16.6. The number of fused-ring (bicyclic) bond motifs is 2. The molecule has 28 heavy (non-hydrogen) atoms. The molecular formula is C22H28N4OS. The van der Waals surface area contributed by atoms with Crippen LogP contribution < -0.4 is 0 Å². The summed E-state index contributed by atoms with van der Waals surface area (Å²) >= 11 is 5.52. The molecule has 0 radical (unpaired) electrons. The molecule has 3 atom stereocenters. The molecule has 1 aliphatic heterocycles. The number of nitrogens with zero attached hydrogens (tertiary/aromatic N) is 3. The molecule has 2 N–H and O–H groups in total. The molecule has 1 aromatic carbocycles. The van der Waals surface area contributed by atoms with Crippen LogP contribution in [0.4, 0.5) is 0 Å². The van der Waals surface area contributed by atoms with E-state index in [0.29, 0.717) is 22.6 Å². The van der Waals surface area contributed by atoms with Gasteiger partial charge in [-0.3, -0.25) is 9.47 Å². The van der Waals surface area contributed by atoms with Crippen LogP contribution in [0.1, 0.15) is 36.8 Å². The normalized spacial score (nSPS) is 24.6. The van der Waals surface area contributed by atoms with Crippen LogP contribution in [-0.2, 0) is 20.0 Å². The van der Waals surface area contributed by atoms with Gasteiger partial charge in [-0.25, -0.2) is 0 Å². The zero-order valence-corrected chi connectivity index (χ0v) is 17.4. The van der Waals surface area contributed by atoms with Crippen LogP contribution in [0.3, 0.4) is 0 Å². The van der Waals surface area contributed by atoms with Gasteiger partial charge in [-0.1, -0.05) is 19.1 Å². The number of likely N-dealkylation sites (tertiary alicyclic amines) is 1. The third kappa shape index (κ3) is 2.73. The quantitative estimate of drug-likeness (QED) is 0.651. The van der Waals surface area contributed by atoms with Gasteiger partial charge in [0.15, 0.2) is 4.77 Å². The van der Waals surface area contributed by atoms with E-state index in [1.807, 2.05) is 11.6 Å². The minimum Gasteiger partial charge on any atom is -0.493 e. The molecule has 0 amide bonds. The van der Waals surface area contributed by atoms with Crippen molar-refractivity contribution in [2.45, 2.75) is 44.7 Å². The lowest BCUT2D eigenvalue weighted by Crippen LogP contribution is -2.50. The Morgan fingerprint density at radius 2 is 2.18 bits per heavy atom. The number of H-pyrrole nitrogens is 1. The molecular weight excluding hydrogens is 368 g/mol. The van der Waals surface area contributed by atoms with E-state index in [4.69, 9.17) is 12.2 Å². The van der Waals surface area contributed by atoms with Gasteiger partial charge in [-0.2, -0.15) is 0 Å². The Balaban J connectivity index is 1.51. The van der Waals surface area contributed by atoms with Crippen LogP contribution in [0.15, 0.2) is 30.6 Å². The Kier molecular flexibility index (Phi) is 4.36. The molecule has 2 aromatic heterocycles. The van der Waals surface area contributed by atoms with E-state index in [9.17, 15) is 5.11 Å². The molecule has 0 saturated carbocycles. The number of imidazole rings is 1. The predicted octanol–water partition coefficient (Wildman–Crippen LogP) is 4.18. The molecule has 2 aliphatic rings. The summed E-state index contributed by atoms with van der Waals surface area (Å²) in [4.78, 5) is 6.19. The molecule has 3 heterocycles. The Morgan fingerprint density at radius 1 is 1.32 bits per heavy atom. The number of aromatic amines is 1. The Hall–Kier alpha value is -2.05. The highest BCUT2D eigenvalue weighted by Crippen LogP contribution is 2.45. The van der Waals surface area contributed by atoms with Gasteiger partial charge in [0.25, 0.3) is 0 Å². The van der Waals surface area contributed by atoms with Crippen molar-refractivity contribution in [3.63, 3.8) is 0 Å². The number of benzene rings is 1. The first kappa shape index (κ1) is 18.0. The van der Waals surface area contributed by atoms with Gasteiger partial charge in [-0.05, 0) is 61.1 Å². The molecule has 1 fully saturated rings. The Labute approximate surface area is 170 Å². The minimum atomic E-state index is 0.239. The van der Waals surface area contributed by atoms with Gasteiger partial charge in [0, 0.05) is 49.2 Å². The lowest BCUT2D eigenvalue weighted by Gasteiger charge is -2.47. The fourth-order valence-electron chi connectivity index (χ4n) is 5.56. The number of nitrogens with one attached hydrogen (secondary N) is 1. The largest absolute Gasteiger partial charge is 0.493 e. The van der Waals surface area contributed by atoms with Gasteiger partial charge in [0.1, 0.15) is 0 Å². The summed E-state index contributed by atoms with van der Waals surface area (Å²) in [6.45, 7) is 5.38. The van der Waals surface area contributed by atoms with Crippen molar-refractivity contribution >= 4 is 23.1 Å². The topological polar surface area (TPSA) is 49.1 Å². The van der Waals surface area contributed by atoms with Gasteiger partial charge in [-0.15, -0.1) is 0 Å². The molecule has 0 bridgehead atoms. The predicted molar refractivity (Wildman–Crippen MR) is 114 cm³/mol. The van der Waals surface area contributed by atoms with Crippen molar-refractivity contribution in [2.24, 2.45) is 13.0 Å². The highest BCUT2D eigenvalue weighted by molar-refractivity contribution is 7.71. The highest BCUT2D eigenvalue weighted by Gasteiger charge is 2.40. The SMILES string of the molecule is CCCN1CC(Cn2cc(O)n(C)c2=S)C[C@@H]2c3cccc4[nH]cc(c34)C[C@H]21. The summed E-state index contributed by atoms with van der Waals surface area (Å²) in [6.07, 6.45) is 7.48. The van der Waals surface area contributed by atoms with E-state index >= 15 is 0 Å². The molecule has 3 aromatic rings. The van der Waals surface area contributed by atoms with Crippen LogP contribution >= 0.6 is 12.2 Å². The monoisotopic (exact) mass is 396 g/mol. The zero-order chi connectivity index (χ0) is 19.4. The minimum absolute atomic E-state index is 0.239. The van der Waals surface area contributed by atoms with E-state index < -0.39 is 0 Å². The lowest BCUT2D eigenvalue weighted by molar-refractivity contribution is 0.0775. The van der Waals surface area contributed by atoms with Crippen molar-refractivity contribution < 1.29 is 5.11 Å². The average Bonchev–Trinajstić information content (AvgIpc) is 3.21. The standard InChI is InChI=1S/C22H28N4OS/c1-3-7-25-11-14(12-26-13-20(27)24(2)22(26)28)8-17-16-5-4-6-18-21(16)15(10-23-18)9-19(17)25/h4-6,10,13-14,17,19,23,27H,3,7-9,11-12H2,1-2H3/t14?,17-,19-/m1/s1. The van der Waals surface area contributed by atoms with E-state index in [1.165, 1.54) is 34.9 Å².